The first kappa shape index (κ1) is 21.3. The summed E-state index contributed by atoms with van der Waals surface area (Å²) in [4.78, 5) is 14.7. The van der Waals surface area contributed by atoms with Gasteiger partial charge in [-0.15, -0.1) is 10.2 Å². The molecule has 0 bridgehead atoms. The number of carbonyl (C=O) groups is 1. The third-order valence-corrected chi connectivity index (χ3v) is 6.74. The van der Waals surface area contributed by atoms with Gasteiger partial charge in [-0.3, -0.25) is 9.36 Å². The number of carbonyl (C=O) groups excluding carboxylic acids is 1. The summed E-state index contributed by atoms with van der Waals surface area (Å²) in [6.07, 6.45) is 5.65. The van der Waals surface area contributed by atoms with Crippen LogP contribution >= 0.6 is 11.8 Å². The third-order valence-electron chi connectivity index (χ3n) is 5.82. The first-order valence-electron chi connectivity index (χ1n) is 10.8. The number of morpholine rings is 1. The van der Waals surface area contributed by atoms with Gasteiger partial charge in [0.05, 0.1) is 23.5 Å². The fourth-order valence-electron chi connectivity index (χ4n) is 4.47. The number of amides is 1. The topological polar surface area (TPSA) is 60.2 Å². The molecule has 2 heterocycles. The molecule has 0 N–H and O–H groups in total. The Hall–Kier alpha value is -1.93. The molecule has 1 aliphatic heterocycles. The van der Waals surface area contributed by atoms with Crippen LogP contribution in [0.15, 0.2) is 29.4 Å². The average Bonchev–Trinajstić information content (AvgIpc) is 3.16. The van der Waals surface area contributed by atoms with Crippen molar-refractivity contribution in [1.29, 1.82) is 0 Å². The predicted molar refractivity (Wildman–Crippen MR) is 115 cm³/mol. The molecule has 2 fully saturated rings. The Kier molecular flexibility index (Phi) is 6.73. The van der Waals surface area contributed by atoms with Gasteiger partial charge < -0.3 is 9.64 Å². The fraction of sp³-hybridized carbons (Fsp3) is 0.591. The summed E-state index contributed by atoms with van der Waals surface area (Å²) in [6.45, 7) is 5.20. The lowest BCUT2D eigenvalue weighted by molar-refractivity contribution is -0.140. The molecule has 6 nitrogen and oxygen atoms in total. The average molecular weight is 433 g/mol. The molecule has 1 saturated heterocycles. The minimum atomic E-state index is -0.300. The van der Waals surface area contributed by atoms with Crippen LogP contribution in [0.3, 0.4) is 0 Å². The third kappa shape index (κ3) is 4.70. The second-order valence-corrected chi connectivity index (χ2v) is 9.24. The molecule has 30 heavy (non-hydrogen) atoms. The van der Waals surface area contributed by atoms with Gasteiger partial charge in [0.1, 0.15) is 5.82 Å². The smallest absolute Gasteiger partial charge is 0.233 e. The lowest BCUT2D eigenvalue weighted by Crippen LogP contribution is -2.48. The van der Waals surface area contributed by atoms with E-state index in [1.54, 1.807) is 12.1 Å². The summed E-state index contributed by atoms with van der Waals surface area (Å²) in [6, 6.07) is 6.93. The summed E-state index contributed by atoms with van der Waals surface area (Å²) >= 11 is 1.40. The van der Waals surface area contributed by atoms with Crippen LogP contribution in [0.25, 0.3) is 11.4 Å². The lowest BCUT2D eigenvalue weighted by Gasteiger charge is -2.35. The highest BCUT2D eigenvalue weighted by Crippen LogP contribution is 2.36. The van der Waals surface area contributed by atoms with Crippen LogP contribution in [-0.2, 0) is 9.53 Å². The van der Waals surface area contributed by atoms with Crippen LogP contribution in [0.2, 0.25) is 0 Å². The number of thioether (sulfide) groups is 1. The van der Waals surface area contributed by atoms with E-state index in [2.05, 4.69) is 14.8 Å². The Morgan fingerprint density at radius 3 is 2.53 bits per heavy atom. The minimum Gasteiger partial charge on any atom is -0.372 e. The van der Waals surface area contributed by atoms with Gasteiger partial charge in [0.25, 0.3) is 0 Å². The van der Waals surface area contributed by atoms with Gasteiger partial charge in [-0.2, -0.15) is 0 Å². The van der Waals surface area contributed by atoms with Crippen LogP contribution in [0.1, 0.15) is 52.0 Å². The van der Waals surface area contributed by atoms with Crippen molar-refractivity contribution in [3.8, 4) is 11.4 Å². The molecule has 2 atom stereocenters. The molecule has 1 aliphatic carbocycles. The molecule has 4 rings (SSSR count). The summed E-state index contributed by atoms with van der Waals surface area (Å²) in [5.74, 6) is 0.628. The molecular weight excluding hydrogens is 403 g/mol. The predicted octanol–water partition coefficient (Wildman–Crippen LogP) is 4.32. The number of benzene rings is 1. The molecule has 1 amide bonds. The van der Waals surface area contributed by atoms with Crippen LogP contribution in [0, 0.1) is 5.82 Å². The number of ether oxygens (including phenoxy) is 1. The molecule has 1 aromatic carbocycles. The monoisotopic (exact) mass is 432 g/mol. The molecule has 1 aromatic heterocycles. The van der Waals surface area contributed by atoms with Crippen molar-refractivity contribution in [3.05, 3.63) is 30.1 Å². The van der Waals surface area contributed by atoms with Crippen LogP contribution in [0.5, 0.6) is 0 Å². The van der Waals surface area contributed by atoms with E-state index in [4.69, 9.17) is 4.74 Å². The van der Waals surface area contributed by atoms with E-state index in [0.29, 0.717) is 35.4 Å². The van der Waals surface area contributed by atoms with Crippen molar-refractivity contribution in [2.45, 2.75) is 69.4 Å². The quantitative estimate of drug-likeness (QED) is 0.659. The van der Waals surface area contributed by atoms with Crippen LogP contribution < -0.4 is 0 Å². The maximum Gasteiger partial charge on any atom is 0.233 e. The highest BCUT2D eigenvalue weighted by atomic mass is 32.2. The zero-order chi connectivity index (χ0) is 21.1. The standard InChI is InChI=1S/C22H29FN4O2S/c1-15-12-26(13-16(2)29-15)20(28)14-30-22-25-24-21(18-10-6-7-11-19(18)23)27(22)17-8-4-3-5-9-17/h6-7,10-11,15-17H,3-5,8-9,12-14H2,1-2H3/t15-,16+. The maximum absolute atomic E-state index is 14.5. The van der Waals surface area contributed by atoms with Crippen molar-refractivity contribution >= 4 is 17.7 Å². The molecule has 2 aromatic rings. The summed E-state index contributed by atoms with van der Waals surface area (Å²) in [7, 11) is 0. The number of hydrogen-bond acceptors (Lipinski definition) is 5. The molecule has 0 spiro atoms. The number of hydrogen-bond donors (Lipinski definition) is 0. The van der Waals surface area contributed by atoms with Gasteiger partial charge in [0, 0.05) is 19.1 Å². The maximum atomic E-state index is 14.5. The Bertz CT molecular complexity index is 874. The molecule has 0 radical (unpaired) electrons. The summed E-state index contributed by atoms with van der Waals surface area (Å²) < 4.78 is 22.3. The van der Waals surface area contributed by atoms with Crippen LogP contribution in [0.4, 0.5) is 4.39 Å². The van der Waals surface area contributed by atoms with Gasteiger partial charge in [-0.25, -0.2) is 4.39 Å². The van der Waals surface area contributed by atoms with Crippen molar-refractivity contribution in [3.63, 3.8) is 0 Å². The number of nitrogens with zero attached hydrogens (tertiary/aromatic N) is 4. The SMILES string of the molecule is C[C@@H]1CN(C(=O)CSc2nnc(-c3ccccc3F)n2C2CCCCC2)C[C@H](C)O1. The fourth-order valence-corrected chi connectivity index (χ4v) is 5.38. The first-order valence-corrected chi connectivity index (χ1v) is 11.8. The normalized spacial score (nSPS) is 23.0. The molecule has 162 valence electrons. The largest absolute Gasteiger partial charge is 0.372 e. The minimum absolute atomic E-state index is 0.0428. The van der Waals surface area contributed by atoms with E-state index < -0.39 is 0 Å². The zero-order valence-electron chi connectivity index (χ0n) is 17.6. The molecule has 2 aliphatic rings. The van der Waals surface area contributed by atoms with E-state index >= 15 is 0 Å². The van der Waals surface area contributed by atoms with Crippen molar-refractivity contribution < 1.29 is 13.9 Å². The van der Waals surface area contributed by atoms with Gasteiger partial charge in [-0.1, -0.05) is 43.2 Å². The number of aromatic nitrogens is 3. The summed E-state index contributed by atoms with van der Waals surface area (Å²) in [5, 5.41) is 9.41. The number of halogens is 1. The molecule has 8 heteroatoms. The molecule has 1 saturated carbocycles. The lowest BCUT2D eigenvalue weighted by atomic mass is 9.95. The van der Waals surface area contributed by atoms with E-state index in [1.807, 2.05) is 24.8 Å². The Morgan fingerprint density at radius 1 is 1.13 bits per heavy atom. The Balaban J connectivity index is 1.55. The summed E-state index contributed by atoms with van der Waals surface area (Å²) in [5.41, 5.74) is 0.463. The van der Waals surface area contributed by atoms with E-state index in [0.717, 1.165) is 25.7 Å². The van der Waals surface area contributed by atoms with Gasteiger partial charge in [-0.05, 0) is 38.8 Å². The molecular formula is C22H29FN4O2S. The second kappa shape index (κ2) is 9.47. The van der Waals surface area contributed by atoms with Gasteiger partial charge in [0.15, 0.2) is 11.0 Å². The first-order chi connectivity index (χ1) is 14.5. The van der Waals surface area contributed by atoms with Gasteiger partial charge in [0.2, 0.25) is 5.91 Å². The van der Waals surface area contributed by atoms with Gasteiger partial charge >= 0.3 is 0 Å². The van der Waals surface area contributed by atoms with E-state index in [1.165, 1.54) is 24.2 Å². The van der Waals surface area contributed by atoms with Crippen molar-refractivity contribution in [1.82, 2.24) is 19.7 Å². The Morgan fingerprint density at radius 2 is 1.83 bits per heavy atom. The molecule has 0 unspecified atom stereocenters. The van der Waals surface area contributed by atoms with E-state index in [9.17, 15) is 9.18 Å². The van der Waals surface area contributed by atoms with Crippen molar-refractivity contribution in [2.24, 2.45) is 0 Å². The van der Waals surface area contributed by atoms with Crippen LogP contribution in [-0.4, -0.2) is 56.6 Å². The second-order valence-electron chi connectivity index (χ2n) is 8.29. The van der Waals surface area contributed by atoms with Crippen molar-refractivity contribution in [2.75, 3.05) is 18.8 Å². The Labute approximate surface area is 181 Å². The highest BCUT2D eigenvalue weighted by molar-refractivity contribution is 7.99. The van der Waals surface area contributed by atoms with E-state index in [-0.39, 0.29) is 30.0 Å². The zero-order valence-corrected chi connectivity index (χ0v) is 18.4. The highest BCUT2D eigenvalue weighted by Gasteiger charge is 2.28. The number of rotatable bonds is 5.